The van der Waals surface area contributed by atoms with Crippen LogP contribution in [0.25, 0.3) is 16.5 Å². The second kappa shape index (κ2) is 7.71. The molecule has 0 bridgehead atoms. The second-order valence-corrected chi connectivity index (χ2v) is 8.80. The van der Waals surface area contributed by atoms with E-state index in [1.165, 1.54) is 6.20 Å². The molecule has 29 heavy (non-hydrogen) atoms. The van der Waals surface area contributed by atoms with Crippen molar-refractivity contribution in [3.63, 3.8) is 0 Å². The van der Waals surface area contributed by atoms with E-state index in [0.717, 1.165) is 31.1 Å². The monoisotopic (exact) mass is 409 g/mol. The highest BCUT2D eigenvalue weighted by Gasteiger charge is 2.19. The molecule has 1 aliphatic carbocycles. The van der Waals surface area contributed by atoms with Crippen molar-refractivity contribution in [1.82, 2.24) is 15.0 Å². The number of carbonyl (C=O) groups is 1. The fraction of sp³-hybridized carbons (Fsp3) is 0.238. The normalized spacial score (nSPS) is 14.0. The minimum Gasteiger partial charge on any atom is -0.456 e. The largest absolute Gasteiger partial charge is 0.456 e. The van der Waals surface area contributed by atoms with Gasteiger partial charge in [-0.1, -0.05) is 24.3 Å². The van der Waals surface area contributed by atoms with Crippen LogP contribution in [0.1, 0.15) is 41.0 Å². The number of nitrogens with zero attached hydrogens (tertiary/aromatic N) is 3. The highest BCUT2D eigenvalue weighted by molar-refractivity contribution is 7.90. The molecule has 3 aromatic rings. The number of hydrogen-bond acceptors (Lipinski definition) is 7. The van der Waals surface area contributed by atoms with Gasteiger partial charge in [-0.3, -0.25) is 0 Å². The number of allylic oxidation sites excluding steroid dienone is 2. The van der Waals surface area contributed by atoms with Gasteiger partial charge < -0.3 is 4.74 Å². The second-order valence-electron chi connectivity index (χ2n) is 6.89. The lowest BCUT2D eigenvalue weighted by molar-refractivity contribution is 0.0468. The highest BCUT2D eigenvalue weighted by atomic mass is 32.2. The van der Waals surface area contributed by atoms with Crippen LogP contribution in [0.15, 0.2) is 53.8 Å². The number of fused-ring (bicyclic) bond motifs is 1. The Kier molecular flexibility index (Phi) is 5.10. The van der Waals surface area contributed by atoms with E-state index >= 15 is 0 Å². The zero-order valence-corrected chi connectivity index (χ0v) is 16.6. The highest BCUT2D eigenvalue weighted by Crippen LogP contribution is 2.31. The maximum Gasteiger partial charge on any atom is 0.338 e. The zero-order valence-electron chi connectivity index (χ0n) is 15.8. The molecule has 0 saturated carbocycles. The maximum absolute atomic E-state index is 12.2. The minimum atomic E-state index is -3.54. The molecular weight excluding hydrogens is 390 g/mol. The van der Waals surface area contributed by atoms with E-state index in [9.17, 15) is 13.2 Å². The lowest BCUT2D eigenvalue weighted by atomic mass is 10.1. The Morgan fingerprint density at radius 2 is 1.97 bits per heavy atom. The van der Waals surface area contributed by atoms with Crippen LogP contribution in [0.4, 0.5) is 0 Å². The summed E-state index contributed by atoms with van der Waals surface area (Å²) >= 11 is 0. The van der Waals surface area contributed by atoms with E-state index in [4.69, 9.17) is 4.74 Å². The molecule has 0 unspecified atom stereocenters. The van der Waals surface area contributed by atoms with Gasteiger partial charge in [-0.2, -0.15) is 0 Å². The minimum absolute atomic E-state index is 0.00221. The van der Waals surface area contributed by atoms with Crippen LogP contribution in [0.5, 0.6) is 0 Å². The third kappa shape index (κ3) is 4.17. The molecule has 148 valence electrons. The van der Waals surface area contributed by atoms with Crippen LogP contribution in [0.3, 0.4) is 0 Å². The Morgan fingerprint density at radius 3 is 2.66 bits per heavy atom. The van der Waals surface area contributed by atoms with Crippen molar-refractivity contribution in [3.05, 3.63) is 65.6 Å². The molecule has 0 radical (unpaired) electrons. The van der Waals surface area contributed by atoms with Gasteiger partial charge in [0.25, 0.3) is 0 Å². The third-order valence-corrected chi connectivity index (χ3v) is 5.49. The average molecular weight is 409 g/mol. The number of hydrogen-bond donors (Lipinski definition) is 0. The average Bonchev–Trinajstić information content (AvgIpc) is 3.25. The van der Waals surface area contributed by atoms with Crippen LogP contribution in [0.2, 0.25) is 0 Å². The lowest BCUT2D eigenvalue weighted by Gasteiger charge is -2.11. The summed E-state index contributed by atoms with van der Waals surface area (Å²) in [5.41, 5.74) is 3.16. The van der Waals surface area contributed by atoms with Gasteiger partial charge in [0.1, 0.15) is 12.1 Å². The number of pyridine rings is 1. The van der Waals surface area contributed by atoms with Crippen LogP contribution < -0.4 is 0 Å². The summed E-state index contributed by atoms with van der Waals surface area (Å²) in [6.45, 7) is -0.00221. The summed E-state index contributed by atoms with van der Waals surface area (Å²) in [5.74, 6) is -0.433. The molecule has 0 spiro atoms. The maximum atomic E-state index is 12.2. The van der Waals surface area contributed by atoms with Crippen molar-refractivity contribution in [2.45, 2.75) is 31.0 Å². The summed E-state index contributed by atoms with van der Waals surface area (Å²) in [7, 11) is -3.54. The Bertz CT molecular complexity index is 1220. The molecule has 1 aliphatic rings. The molecule has 0 aliphatic heterocycles. The van der Waals surface area contributed by atoms with Gasteiger partial charge in [-0.25, -0.2) is 28.2 Å². The topological polar surface area (TPSA) is 99.1 Å². The first-order valence-electron chi connectivity index (χ1n) is 9.20. The molecule has 4 rings (SSSR count). The van der Waals surface area contributed by atoms with Gasteiger partial charge >= 0.3 is 5.97 Å². The van der Waals surface area contributed by atoms with Crippen LogP contribution in [-0.4, -0.2) is 35.6 Å². The van der Waals surface area contributed by atoms with E-state index in [-0.39, 0.29) is 11.8 Å². The molecule has 0 N–H and O–H groups in total. The van der Waals surface area contributed by atoms with Gasteiger partial charge in [0.15, 0.2) is 0 Å². The predicted molar refractivity (Wildman–Crippen MR) is 108 cm³/mol. The molecule has 8 heteroatoms. The van der Waals surface area contributed by atoms with Gasteiger partial charge in [-0.05, 0) is 43.0 Å². The summed E-state index contributed by atoms with van der Waals surface area (Å²) < 4.78 is 29.1. The van der Waals surface area contributed by atoms with Gasteiger partial charge in [0, 0.05) is 17.8 Å². The van der Waals surface area contributed by atoms with Gasteiger partial charge in [0.2, 0.25) is 15.0 Å². The number of benzene rings is 1. The van der Waals surface area contributed by atoms with E-state index in [0.29, 0.717) is 27.9 Å². The molecule has 0 fully saturated rings. The Morgan fingerprint density at radius 1 is 1.17 bits per heavy atom. The summed E-state index contributed by atoms with van der Waals surface area (Å²) in [6.07, 6.45) is 7.43. The van der Waals surface area contributed by atoms with Crippen LogP contribution >= 0.6 is 0 Å². The summed E-state index contributed by atoms with van der Waals surface area (Å²) in [4.78, 5) is 25.1. The third-order valence-electron chi connectivity index (χ3n) is 4.63. The molecule has 0 amide bonds. The number of aromatic nitrogens is 3. The fourth-order valence-electron chi connectivity index (χ4n) is 3.24. The van der Waals surface area contributed by atoms with Crippen molar-refractivity contribution in [1.29, 1.82) is 0 Å². The number of esters is 1. The first-order valence-corrected chi connectivity index (χ1v) is 11.1. The van der Waals surface area contributed by atoms with Gasteiger partial charge in [-0.15, -0.1) is 0 Å². The quantitative estimate of drug-likeness (QED) is 0.471. The van der Waals surface area contributed by atoms with Crippen LogP contribution in [0, 0.1) is 0 Å². The Hall–Kier alpha value is -3.13. The van der Waals surface area contributed by atoms with E-state index in [2.05, 4.69) is 21.0 Å². The Labute approximate surface area is 168 Å². The van der Waals surface area contributed by atoms with Crippen molar-refractivity contribution in [2.75, 3.05) is 6.26 Å². The number of sulfone groups is 1. The Balaban J connectivity index is 1.71. The first-order chi connectivity index (χ1) is 13.9. The van der Waals surface area contributed by atoms with E-state index in [1.54, 1.807) is 30.3 Å². The van der Waals surface area contributed by atoms with E-state index < -0.39 is 15.8 Å². The number of carbonyl (C=O) groups excluding carboxylic acids is 1. The molecule has 7 nitrogen and oxygen atoms in total. The number of ether oxygens (including phenoxy) is 1. The van der Waals surface area contributed by atoms with E-state index in [1.807, 2.05) is 6.07 Å². The molecular formula is C21H19N3O4S. The molecule has 2 heterocycles. The first kappa shape index (κ1) is 19.2. The zero-order chi connectivity index (χ0) is 20.4. The van der Waals surface area contributed by atoms with Gasteiger partial charge in [0.05, 0.1) is 17.0 Å². The number of rotatable bonds is 5. The molecule has 0 atom stereocenters. The van der Waals surface area contributed by atoms with Crippen LogP contribution in [-0.2, 0) is 21.2 Å². The lowest BCUT2D eigenvalue weighted by Crippen LogP contribution is -2.09. The molecule has 1 aromatic carbocycles. The van der Waals surface area contributed by atoms with Crippen molar-refractivity contribution >= 4 is 32.3 Å². The van der Waals surface area contributed by atoms with Crippen molar-refractivity contribution in [2.24, 2.45) is 0 Å². The summed E-state index contributed by atoms with van der Waals surface area (Å²) in [6, 6.07) is 10.5. The SMILES string of the molecule is CS(=O)(=O)c1ncc2cc(COC(=O)c3ccccc3)nc(C3=CCCC3)c2n1. The molecule has 2 aromatic heterocycles. The predicted octanol–water partition coefficient (Wildman–Crippen LogP) is 3.35. The summed E-state index contributed by atoms with van der Waals surface area (Å²) in [5, 5.41) is 0.427. The molecule has 0 saturated heterocycles. The standard InChI is InChI=1S/C21H19N3O4S/c1-29(26,27)21-22-12-16-11-17(13-28-20(25)15-9-3-2-4-10-15)23-18(19(16)24-21)14-7-5-6-8-14/h2-4,7,9-12H,5-6,8,13H2,1H3. The smallest absolute Gasteiger partial charge is 0.338 e. The van der Waals surface area contributed by atoms with Crippen molar-refractivity contribution in [3.8, 4) is 0 Å². The van der Waals surface area contributed by atoms with Crippen molar-refractivity contribution < 1.29 is 17.9 Å². The fourth-order valence-corrected chi connectivity index (χ4v) is 3.74.